The normalized spacial score (nSPS) is 10.8. The third-order valence-corrected chi connectivity index (χ3v) is 2.94. The van der Waals surface area contributed by atoms with Crippen LogP contribution in [0.1, 0.15) is 16.1 Å². The van der Waals surface area contributed by atoms with Crippen LogP contribution < -0.4 is 11.3 Å². The lowest BCUT2D eigenvalue weighted by atomic mass is 10.1. The smallest absolute Gasteiger partial charge is 0.301 e. The average Bonchev–Trinajstić information content (AvgIpc) is 3.07. The topological polar surface area (TPSA) is 86.1 Å². The first-order valence-corrected chi connectivity index (χ1v) is 5.76. The van der Waals surface area contributed by atoms with Crippen LogP contribution >= 0.6 is 0 Å². The zero-order chi connectivity index (χ0) is 13.2. The van der Waals surface area contributed by atoms with Crippen molar-refractivity contribution in [2.45, 2.75) is 6.54 Å². The van der Waals surface area contributed by atoms with Gasteiger partial charge in [0, 0.05) is 23.3 Å². The van der Waals surface area contributed by atoms with E-state index >= 15 is 0 Å². The van der Waals surface area contributed by atoms with Crippen LogP contribution in [0.25, 0.3) is 11.0 Å². The number of nitrogens with two attached hydrogens (primary N) is 1. The van der Waals surface area contributed by atoms with Gasteiger partial charge in [0.2, 0.25) is 0 Å². The van der Waals surface area contributed by atoms with E-state index in [2.05, 4.69) is 10.4 Å². The maximum Gasteiger partial charge on any atom is 0.301 e. The van der Waals surface area contributed by atoms with E-state index in [-0.39, 0.29) is 5.76 Å². The van der Waals surface area contributed by atoms with Crippen LogP contribution in [-0.2, 0) is 6.54 Å². The van der Waals surface area contributed by atoms with Crippen LogP contribution in [-0.4, -0.2) is 15.5 Å². The summed E-state index contributed by atoms with van der Waals surface area (Å²) in [7, 11) is 0. The lowest BCUT2D eigenvalue weighted by Gasteiger charge is -2.03. The summed E-state index contributed by atoms with van der Waals surface area (Å²) in [5.41, 5.74) is 3.56. The zero-order valence-electron chi connectivity index (χ0n) is 10.0. The fourth-order valence-corrected chi connectivity index (χ4v) is 2.07. The number of nitrogens with zero attached hydrogens (tertiary/aromatic N) is 2. The molecule has 2 aromatic heterocycles. The molecule has 0 radical (unpaired) electrons. The van der Waals surface area contributed by atoms with Gasteiger partial charge in [-0.1, -0.05) is 18.2 Å². The number of amides is 1. The second kappa shape index (κ2) is 4.58. The second-order valence-corrected chi connectivity index (χ2v) is 4.11. The highest BCUT2D eigenvalue weighted by Crippen LogP contribution is 2.26. The van der Waals surface area contributed by atoms with Crippen LogP contribution in [0.15, 0.2) is 47.4 Å². The predicted octanol–water partition coefficient (Wildman–Crippen LogP) is 1.28. The Bertz CT molecular complexity index is 715. The molecule has 1 amide bonds. The highest BCUT2D eigenvalue weighted by molar-refractivity contribution is 5.98. The maximum atomic E-state index is 11.8. The summed E-state index contributed by atoms with van der Waals surface area (Å²) in [5.74, 6) is 4.98. The molecule has 96 valence electrons. The first kappa shape index (κ1) is 11.5. The first-order valence-electron chi connectivity index (χ1n) is 5.76. The lowest BCUT2D eigenvalue weighted by Crippen LogP contribution is -2.30. The van der Waals surface area contributed by atoms with Crippen molar-refractivity contribution in [1.29, 1.82) is 0 Å². The number of carbonyl (C=O) groups excluding carboxylic acids is 1. The third-order valence-electron chi connectivity index (χ3n) is 2.94. The Labute approximate surface area is 108 Å². The van der Waals surface area contributed by atoms with Gasteiger partial charge in [-0.05, 0) is 6.07 Å². The first-order chi connectivity index (χ1) is 9.29. The minimum Gasteiger partial charge on any atom is -0.450 e. The van der Waals surface area contributed by atoms with Gasteiger partial charge >= 0.3 is 5.91 Å². The number of carbonyl (C=O) groups is 1. The number of benzene rings is 1. The minimum absolute atomic E-state index is 0.234. The molecule has 3 N–H and O–H groups in total. The van der Waals surface area contributed by atoms with Crippen molar-refractivity contribution in [3.63, 3.8) is 0 Å². The summed E-state index contributed by atoms with van der Waals surface area (Å²) >= 11 is 0. The predicted molar refractivity (Wildman–Crippen MR) is 69.2 cm³/mol. The molecule has 19 heavy (non-hydrogen) atoms. The van der Waals surface area contributed by atoms with E-state index in [4.69, 9.17) is 10.3 Å². The molecule has 6 heteroatoms. The fraction of sp³-hybridized carbons (Fsp3) is 0.0769. The van der Waals surface area contributed by atoms with Gasteiger partial charge in [0.1, 0.15) is 5.58 Å². The van der Waals surface area contributed by atoms with Gasteiger partial charge in [-0.15, -0.1) is 0 Å². The summed E-state index contributed by atoms with van der Waals surface area (Å²) < 4.78 is 7.44. The van der Waals surface area contributed by atoms with Crippen molar-refractivity contribution >= 4 is 16.9 Å². The Morgan fingerprint density at radius 1 is 1.42 bits per heavy atom. The molecule has 0 atom stereocenters. The molecule has 2 heterocycles. The van der Waals surface area contributed by atoms with E-state index < -0.39 is 5.91 Å². The number of imidazole rings is 1. The van der Waals surface area contributed by atoms with Crippen molar-refractivity contribution in [3.05, 3.63) is 54.3 Å². The molecule has 0 spiro atoms. The zero-order valence-corrected chi connectivity index (χ0v) is 10.0. The standard InChI is InChI=1S/C13H12N4O2/c14-16-13(18)12-10(7-17-6-5-15-8-17)9-3-1-2-4-11(9)19-12/h1-6,8H,7,14H2,(H,16,18). The van der Waals surface area contributed by atoms with Gasteiger partial charge in [0.25, 0.3) is 0 Å². The summed E-state index contributed by atoms with van der Waals surface area (Å²) in [5, 5.41) is 0.898. The third kappa shape index (κ3) is 1.98. The van der Waals surface area contributed by atoms with Gasteiger partial charge in [-0.25, -0.2) is 10.8 Å². The van der Waals surface area contributed by atoms with Crippen molar-refractivity contribution < 1.29 is 9.21 Å². The highest BCUT2D eigenvalue weighted by Gasteiger charge is 2.19. The van der Waals surface area contributed by atoms with E-state index in [0.717, 1.165) is 10.9 Å². The van der Waals surface area contributed by atoms with Crippen molar-refractivity contribution in [3.8, 4) is 0 Å². The van der Waals surface area contributed by atoms with Crippen LogP contribution in [0.2, 0.25) is 0 Å². The van der Waals surface area contributed by atoms with E-state index in [9.17, 15) is 4.79 Å². The van der Waals surface area contributed by atoms with Gasteiger partial charge in [-0.2, -0.15) is 0 Å². The number of furan rings is 1. The number of hydrazine groups is 1. The molecular weight excluding hydrogens is 244 g/mol. The quantitative estimate of drug-likeness (QED) is 0.420. The molecule has 0 unspecified atom stereocenters. The molecule has 0 fully saturated rings. The van der Waals surface area contributed by atoms with E-state index in [1.165, 1.54) is 0 Å². The summed E-state index contributed by atoms with van der Waals surface area (Å²) in [4.78, 5) is 15.8. The van der Waals surface area contributed by atoms with E-state index in [1.807, 2.05) is 35.0 Å². The number of para-hydroxylation sites is 1. The lowest BCUT2D eigenvalue weighted by molar-refractivity contribution is 0.0926. The largest absolute Gasteiger partial charge is 0.450 e. The highest BCUT2D eigenvalue weighted by atomic mass is 16.3. The van der Waals surface area contributed by atoms with E-state index in [1.54, 1.807) is 12.5 Å². The summed E-state index contributed by atoms with van der Waals surface area (Å²) in [6.45, 7) is 0.500. The number of aromatic nitrogens is 2. The van der Waals surface area contributed by atoms with Crippen LogP contribution in [0, 0.1) is 0 Å². The molecule has 0 bridgehead atoms. The monoisotopic (exact) mass is 256 g/mol. The number of hydrogen-bond acceptors (Lipinski definition) is 4. The van der Waals surface area contributed by atoms with Crippen LogP contribution in [0.3, 0.4) is 0 Å². The Hall–Kier alpha value is -2.60. The number of nitrogen functional groups attached to an aromatic ring is 1. The Kier molecular flexibility index (Phi) is 2.77. The van der Waals surface area contributed by atoms with Crippen molar-refractivity contribution in [2.75, 3.05) is 0 Å². The van der Waals surface area contributed by atoms with Crippen molar-refractivity contribution in [2.24, 2.45) is 5.84 Å². The number of fused-ring (bicyclic) bond motifs is 1. The fourth-order valence-electron chi connectivity index (χ4n) is 2.07. The summed E-state index contributed by atoms with van der Waals surface area (Å²) in [6, 6.07) is 7.49. The maximum absolute atomic E-state index is 11.8. The molecule has 3 aromatic rings. The molecule has 0 saturated carbocycles. The number of hydrogen-bond donors (Lipinski definition) is 2. The molecule has 3 rings (SSSR count). The molecule has 0 saturated heterocycles. The minimum atomic E-state index is -0.439. The summed E-state index contributed by atoms with van der Waals surface area (Å²) in [6.07, 6.45) is 5.20. The van der Waals surface area contributed by atoms with Gasteiger partial charge in [0.15, 0.2) is 5.76 Å². The Morgan fingerprint density at radius 2 is 2.26 bits per heavy atom. The van der Waals surface area contributed by atoms with Crippen molar-refractivity contribution in [1.82, 2.24) is 15.0 Å². The molecule has 0 aliphatic heterocycles. The Balaban J connectivity index is 2.15. The van der Waals surface area contributed by atoms with E-state index in [0.29, 0.717) is 12.1 Å². The molecule has 6 nitrogen and oxygen atoms in total. The van der Waals surface area contributed by atoms with Gasteiger partial charge in [-0.3, -0.25) is 10.2 Å². The molecule has 1 aromatic carbocycles. The average molecular weight is 256 g/mol. The van der Waals surface area contributed by atoms with Gasteiger partial charge < -0.3 is 8.98 Å². The molecule has 0 aliphatic carbocycles. The number of rotatable bonds is 3. The van der Waals surface area contributed by atoms with Crippen LogP contribution in [0.5, 0.6) is 0 Å². The molecular formula is C13H12N4O2. The Morgan fingerprint density at radius 3 is 3.00 bits per heavy atom. The number of nitrogens with one attached hydrogen (secondary N) is 1. The second-order valence-electron chi connectivity index (χ2n) is 4.11. The molecule has 0 aliphatic rings. The van der Waals surface area contributed by atoms with Gasteiger partial charge in [0.05, 0.1) is 12.9 Å². The SMILES string of the molecule is NNC(=O)c1oc2ccccc2c1Cn1ccnc1. The van der Waals surface area contributed by atoms with Crippen LogP contribution in [0.4, 0.5) is 0 Å².